The first-order valence-electron chi connectivity index (χ1n) is 9.46. The number of methoxy groups -OCH3 is 3. The second-order valence-corrected chi connectivity index (χ2v) is 7.34. The van der Waals surface area contributed by atoms with Crippen molar-refractivity contribution in [2.45, 2.75) is 32.9 Å². The number of nitrogens with one attached hydrogen (secondary N) is 1. The molecule has 0 saturated carbocycles. The number of halogens is 1. The number of amides is 1. The van der Waals surface area contributed by atoms with Crippen LogP contribution in [-0.4, -0.2) is 44.7 Å². The Balaban J connectivity index is 2.02. The number of hydrogen-bond acceptors (Lipinski definition) is 5. The van der Waals surface area contributed by atoms with Crippen LogP contribution in [0.15, 0.2) is 36.4 Å². The molecule has 0 saturated heterocycles. The van der Waals surface area contributed by atoms with E-state index < -0.39 is 0 Å². The zero-order valence-corrected chi connectivity index (χ0v) is 18.4. The van der Waals surface area contributed by atoms with Crippen molar-refractivity contribution < 1.29 is 19.0 Å². The highest BCUT2D eigenvalue weighted by Crippen LogP contribution is 2.39. The van der Waals surface area contributed by atoms with Crippen LogP contribution in [0, 0.1) is 0 Å². The van der Waals surface area contributed by atoms with Crippen molar-refractivity contribution in [3.05, 3.63) is 47.0 Å². The number of rotatable bonds is 10. The van der Waals surface area contributed by atoms with Crippen molar-refractivity contribution in [3.8, 4) is 17.2 Å². The summed E-state index contributed by atoms with van der Waals surface area (Å²) in [5, 5.41) is 3.62. The van der Waals surface area contributed by atoms with Crippen LogP contribution >= 0.6 is 11.6 Å². The Labute approximate surface area is 177 Å². The molecule has 0 aromatic heterocycles. The maximum Gasteiger partial charge on any atom is 0.225 e. The maximum absolute atomic E-state index is 12.5. The quantitative estimate of drug-likeness (QED) is 0.608. The molecule has 158 valence electrons. The fourth-order valence-corrected chi connectivity index (χ4v) is 3.22. The van der Waals surface area contributed by atoms with E-state index in [4.69, 9.17) is 25.8 Å². The molecule has 7 heteroatoms. The van der Waals surface area contributed by atoms with E-state index in [0.717, 1.165) is 12.1 Å². The predicted octanol–water partition coefficient (Wildman–Crippen LogP) is 4.61. The lowest BCUT2D eigenvalue weighted by Crippen LogP contribution is -2.33. The van der Waals surface area contributed by atoms with Gasteiger partial charge in [-0.3, -0.25) is 9.69 Å². The van der Waals surface area contributed by atoms with Gasteiger partial charge in [-0.05, 0) is 31.5 Å². The monoisotopic (exact) mass is 420 g/mol. The molecule has 0 aliphatic rings. The number of carbonyl (C=O) groups is 1. The van der Waals surface area contributed by atoms with Crippen molar-refractivity contribution in [1.29, 1.82) is 0 Å². The van der Waals surface area contributed by atoms with Gasteiger partial charge in [0.05, 0.1) is 21.3 Å². The molecule has 2 aromatic rings. The van der Waals surface area contributed by atoms with Gasteiger partial charge in [0.1, 0.15) is 0 Å². The lowest BCUT2D eigenvalue weighted by atomic mass is 10.1. The molecule has 0 radical (unpaired) electrons. The van der Waals surface area contributed by atoms with Gasteiger partial charge < -0.3 is 19.5 Å². The number of anilines is 1. The van der Waals surface area contributed by atoms with Crippen molar-refractivity contribution in [3.63, 3.8) is 0 Å². The smallest absolute Gasteiger partial charge is 0.225 e. The normalized spacial score (nSPS) is 10.9. The number of benzene rings is 2. The van der Waals surface area contributed by atoms with E-state index in [0.29, 0.717) is 47.0 Å². The van der Waals surface area contributed by atoms with Crippen LogP contribution in [0.1, 0.15) is 25.8 Å². The molecule has 0 fully saturated rings. The number of carbonyl (C=O) groups excluding carboxylic acids is 1. The second kappa shape index (κ2) is 10.9. The first kappa shape index (κ1) is 22.8. The van der Waals surface area contributed by atoms with E-state index in [-0.39, 0.29) is 5.91 Å². The summed E-state index contributed by atoms with van der Waals surface area (Å²) in [6, 6.07) is 11.5. The Bertz CT molecular complexity index is 801. The van der Waals surface area contributed by atoms with Crippen molar-refractivity contribution in [1.82, 2.24) is 4.90 Å². The predicted molar refractivity (Wildman–Crippen MR) is 116 cm³/mol. The van der Waals surface area contributed by atoms with Gasteiger partial charge in [0.25, 0.3) is 0 Å². The molecule has 0 bridgehead atoms. The van der Waals surface area contributed by atoms with Gasteiger partial charge in [-0.25, -0.2) is 0 Å². The summed E-state index contributed by atoms with van der Waals surface area (Å²) in [4.78, 5) is 14.8. The zero-order chi connectivity index (χ0) is 21.4. The van der Waals surface area contributed by atoms with Gasteiger partial charge in [-0.1, -0.05) is 23.7 Å². The van der Waals surface area contributed by atoms with Crippen LogP contribution in [-0.2, 0) is 11.3 Å². The zero-order valence-electron chi connectivity index (χ0n) is 17.6. The van der Waals surface area contributed by atoms with Crippen LogP contribution in [0.5, 0.6) is 17.2 Å². The van der Waals surface area contributed by atoms with Crippen LogP contribution in [0.2, 0.25) is 5.02 Å². The highest BCUT2D eigenvalue weighted by molar-refractivity contribution is 6.30. The van der Waals surface area contributed by atoms with Gasteiger partial charge in [-0.15, -0.1) is 0 Å². The molecular weight excluding hydrogens is 392 g/mol. The third kappa shape index (κ3) is 6.54. The third-order valence-corrected chi connectivity index (χ3v) is 4.81. The minimum atomic E-state index is -0.0870. The largest absolute Gasteiger partial charge is 0.493 e. The Hall–Kier alpha value is -2.44. The summed E-state index contributed by atoms with van der Waals surface area (Å²) >= 11 is 6.08. The minimum Gasteiger partial charge on any atom is -0.493 e. The van der Waals surface area contributed by atoms with E-state index in [1.165, 1.54) is 0 Å². The molecule has 0 spiro atoms. The van der Waals surface area contributed by atoms with Gasteiger partial charge >= 0.3 is 0 Å². The van der Waals surface area contributed by atoms with Crippen LogP contribution in [0.3, 0.4) is 0 Å². The topological polar surface area (TPSA) is 60.0 Å². The summed E-state index contributed by atoms with van der Waals surface area (Å²) in [7, 11) is 4.62. The highest BCUT2D eigenvalue weighted by atomic mass is 35.5. The number of hydrogen-bond donors (Lipinski definition) is 1. The lowest BCUT2D eigenvalue weighted by Gasteiger charge is -2.26. The first-order chi connectivity index (χ1) is 13.9. The first-order valence-corrected chi connectivity index (χ1v) is 9.84. The van der Waals surface area contributed by atoms with Crippen molar-refractivity contribution in [2.24, 2.45) is 0 Å². The minimum absolute atomic E-state index is 0.0870. The van der Waals surface area contributed by atoms with Crippen molar-refractivity contribution >= 4 is 23.2 Å². The number of ether oxygens (including phenoxy) is 3. The van der Waals surface area contributed by atoms with E-state index >= 15 is 0 Å². The van der Waals surface area contributed by atoms with Crippen molar-refractivity contribution in [2.75, 3.05) is 33.2 Å². The molecule has 29 heavy (non-hydrogen) atoms. The van der Waals surface area contributed by atoms with Gasteiger partial charge in [0.2, 0.25) is 11.7 Å². The van der Waals surface area contributed by atoms with E-state index in [9.17, 15) is 4.79 Å². The fraction of sp³-hybridized carbons (Fsp3) is 0.409. The standard InChI is InChI=1S/C22H29ClN2O4/c1-15(2)25(14-16-7-6-8-17(23)11-16)10-9-21(26)24-18-12-19(27-3)22(29-5)20(13-18)28-4/h6-8,11-13,15H,9-10,14H2,1-5H3,(H,24,26). The lowest BCUT2D eigenvalue weighted by molar-refractivity contribution is -0.116. The highest BCUT2D eigenvalue weighted by Gasteiger charge is 2.16. The fourth-order valence-electron chi connectivity index (χ4n) is 3.01. The molecule has 0 unspecified atom stereocenters. The molecule has 1 amide bonds. The average Bonchev–Trinajstić information content (AvgIpc) is 2.70. The molecule has 1 N–H and O–H groups in total. The summed E-state index contributed by atoms with van der Waals surface area (Å²) in [6.07, 6.45) is 0.357. The van der Waals surface area contributed by atoms with Gasteiger partial charge in [0.15, 0.2) is 11.5 Å². The van der Waals surface area contributed by atoms with Gasteiger partial charge in [0, 0.05) is 48.4 Å². The summed E-state index contributed by atoms with van der Waals surface area (Å²) in [5.41, 5.74) is 1.71. The molecule has 6 nitrogen and oxygen atoms in total. The molecule has 2 rings (SSSR count). The molecule has 2 aromatic carbocycles. The Morgan fingerprint density at radius 3 is 2.24 bits per heavy atom. The van der Waals surface area contributed by atoms with E-state index in [1.54, 1.807) is 33.5 Å². The maximum atomic E-state index is 12.5. The average molecular weight is 421 g/mol. The van der Waals surface area contributed by atoms with Crippen LogP contribution in [0.4, 0.5) is 5.69 Å². The third-order valence-electron chi connectivity index (χ3n) is 4.58. The summed E-state index contributed by atoms with van der Waals surface area (Å²) in [6.45, 7) is 5.58. The van der Waals surface area contributed by atoms with Crippen LogP contribution in [0.25, 0.3) is 0 Å². The molecule has 0 aliphatic carbocycles. The Morgan fingerprint density at radius 1 is 1.07 bits per heavy atom. The molecule has 0 heterocycles. The number of nitrogens with zero attached hydrogens (tertiary/aromatic N) is 1. The summed E-state index contributed by atoms with van der Waals surface area (Å²) in [5.74, 6) is 1.38. The van der Waals surface area contributed by atoms with Crippen LogP contribution < -0.4 is 19.5 Å². The Morgan fingerprint density at radius 2 is 1.72 bits per heavy atom. The Kier molecular flexibility index (Phi) is 8.61. The van der Waals surface area contributed by atoms with E-state index in [2.05, 4.69) is 24.1 Å². The van der Waals surface area contributed by atoms with Gasteiger partial charge in [-0.2, -0.15) is 0 Å². The van der Waals surface area contributed by atoms with E-state index in [1.807, 2.05) is 24.3 Å². The molecular formula is C22H29ClN2O4. The molecule has 0 aliphatic heterocycles. The second-order valence-electron chi connectivity index (χ2n) is 6.91. The summed E-state index contributed by atoms with van der Waals surface area (Å²) < 4.78 is 16.0. The molecule has 0 atom stereocenters. The SMILES string of the molecule is COc1cc(NC(=O)CCN(Cc2cccc(Cl)c2)C(C)C)cc(OC)c1OC.